The highest BCUT2D eigenvalue weighted by Gasteiger charge is 2.11. The van der Waals surface area contributed by atoms with Crippen LogP contribution in [0.4, 0.5) is 5.69 Å². The van der Waals surface area contributed by atoms with E-state index in [4.69, 9.17) is 4.52 Å². The predicted octanol–water partition coefficient (Wildman–Crippen LogP) is 2.10. The van der Waals surface area contributed by atoms with Crippen molar-refractivity contribution in [2.24, 2.45) is 0 Å². The van der Waals surface area contributed by atoms with E-state index in [0.717, 1.165) is 5.69 Å². The standard InChI is InChI=1S/C16H15N5O2/c1-17-12-6-4-5-11(9-12)16(22)19-10-14-20-15(21-23-14)13-7-2-3-8-18-13/h2-9,17H,10H2,1H3,(H,19,22). The molecule has 0 aliphatic rings. The quantitative estimate of drug-likeness (QED) is 0.750. The van der Waals surface area contributed by atoms with Crippen LogP contribution in [0.5, 0.6) is 0 Å². The zero-order valence-electron chi connectivity index (χ0n) is 12.5. The van der Waals surface area contributed by atoms with Crippen LogP contribution in [-0.4, -0.2) is 28.1 Å². The van der Waals surface area contributed by atoms with Gasteiger partial charge in [0.15, 0.2) is 0 Å². The summed E-state index contributed by atoms with van der Waals surface area (Å²) in [4.78, 5) is 20.5. The molecule has 0 bridgehead atoms. The first kappa shape index (κ1) is 14.7. The molecule has 1 amide bonds. The Morgan fingerprint density at radius 2 is 2.13 bits per heavy atom. The highest BCUT2D eigenvalue weighted by atomic mass is 16.5. The number of hydrogen-bond donors (Lipinski definition) is 2. The van der Waals surface area contributed by atoms with Crippen LogP contribution in [0.1, 0.15) is 16.2 Å². The van der Waals surface area contributed by atoms with Crippen molar-refractivity contribution in [1.82, 2.24) is 20.4 Å². The van der Waals surface area contributed by atoms with Crippen LogP contribution in [-0.2, 0) is 6.54 Å². The first-order chi connectivity index (χ1) is 11.3. The Balaban J connectivity index is 1.64. The van der Waals surface area contributed by atoms with Crippen LogP contribution in [0.15, 0.2) is 53.2 Å². The summed E-state index contributed by atoms with van der Waals surface area (Å²) in [7, 11) is 1.80. The van der Waals surface area contributed by atoms with E-state index in [-0.39, 0.29) is 12.5 Å². The molecule has 7 nitrogen and oxygen atoms in total. The van der Waals surface area contributed by atoms with Crippen LogP contribution in [0.3, 0.4) is 0 Å². The van der Waals surface area contributed by atoms with Gasteiger partial charge in [-0.2, -0.15) is 4.98 Å². The van der Waals surface area contributed by atoms with Crippen LogP contribution < -0.4 is 10.6 Å². The summed E-state index contributed by atoms with van der Waals surface area (Å²) in [6.07, 6.45) is 1.65. The molecule has 2 aromatic heterocycles. The number of pyridine rings is 1. The number of benzene rings is 1. The van der Waals surface area contributed by atoms with Gasteiger partial charge in [-0.1, -0.05) is 17.3 Å². The van der Waals surface area contributed by atoms with Crippen LogP contribution in [0.25, 0.3) is 11.5 Å². The molecule has 23 heavy (non-hydrogen) atoms. The van der Waals surface area contributed by atoms with Gasteiger partial charge in [-0.25, -0.2) is 0 Å². The summed E-state index contributed by atoms with van der Waals surface area (Å²) >= 11 is 0. The molecule has 3 aromatic rings. The maximum atomic E-state index is 12.1. The molecule has 2 N–H and O–H groups in total. The molecule has 0 radical (unpaired) electrons. The van der Waals surface area contributed by atoms with Crippen molar-refractivity contribution in [3.8, 4) is 11.5 Å². The maximum absolute atomic E-state index is 12.1. The van der Waals surface area contributed by atoms with E-state index in [9.17, 15) is 4.79 Å². The molecule has 3 rings (SSSR count). The van der Waals surface area contributed by atoms with E-state index in [0.29, 0.717) is 23.0 Å². The van der Waals surface area contributed by atoms with E-state index in [2.05, 4.69) is 25.8 Å². The molecule has 0 saturated carbocycles. The van der Waals surface area contributed by atoms with Gasteiger partial charge in [-0.15, -0.1) is 0 Å². The second-order valence-corrected chi connectivity index (χ2v) is 4.74. The first-order valence-corrected chi connectivity index (χ1v) is 7.06. The molecular weight excluding hydrogens is 294 g/mol. The van der Waals surface area contributed by atoms with E-state index in [1.54, 1.807) is 31.4 Å². The molecule has 0 fully saturated rings. The van der Waals surface area contributed by atoms with Gasteiger partial charge in [-0.05, 0) is 30.3 Å². The van der Waals surface area contributed by atoms with Gasteiger partial charge in [0.05, 0.1) is 6.54 Å². The Hall–Kier alpha value is -3.22. The third-order valence-corrected chi connectivity index (χ3v) is 3.18. The maximum Gasteiger partial charge on any atom is 0.251 e. The second kappa shape index (κ2) is 6.69. The lowest BCUT2D eigenvalue weighted by molar-refractivity contribution is 0.0946. The Morgan fingerprint density at radius 3 is 2.91 bits per heavy atom. The Morgan fingerprint density at radius 1 is 1.22 bits per heavy atom. The minimum atomic E-state index is -0.209. The molecule has 1 aromatic carbocycles. The summed E-state index contributed by atoms with van der Waals surface area (Å²) in [6.45, 7) is 0.155. The van der Waals surface area contributed by atoms with Gasteiger partial charge >= 0.3 is 0 Å². The second-order valence-electron chi connectivity index (χ2n) is 4.74. The van der Waals surface area contributed by atoms with Crippen LogP contribution >= 0.6 is 0 Å². The molecule has 2 heterocycles. The van der Waals surface area contributed by atoms with Gasteiger partial charge in [0.1, 0.15) is 5.69 Å². The Labute approximate surface area is 132 Å². The van der Waals surface area contributed by atoms with E-state index < -0.39 is 0 Å². The zero-order chi connectivity index (χ0) is 16.1. The topological polar surface area (TPSA) is 92.9 Å². The number of amides is 1. The van der Waals surface area contributed by atoms with Crippen molar-refractivity contribution in [1.29, 1.82) is 0 Å². The SMILES string of the molecule is CNc1cccc(C(=O)NCc2nc(-c3ccccn3)no2)c1. The van der Waals surface area contributed by atoms with Crippen molar-refractivity contribution in [3.63, 3.8) is 0 Å². The van der Waals surface area contributed by atoms with Gasteiger partial charge in [-0.3, -0.25) is 9.78 Å². The normalized spacial score (nSPS) is 10.3. The number of nitrogens with zero attached hydrogens (tertiary/aromatic N) is 3. The third-order valence-electron chi connectivity index (χ3n) is 3.18. The number of anilines is 1. The molecule has 0 atom stereocenters. The number of hydrogen-bond acceptors (Lipinski definition) is 6. The zero-order valence-corrected chi connectivity index (χ0v) is 12.5. The minimum Gasteiger partial charge on any atom is -0.388 e. The minimum absolute atomic E-state index is 0.155. The average molecular weight is 309 g/mol. The monoisotopic (exact) mass is 309 g/mol. The van der Waals surface area contributed by atoms with E-state index in [1.165, 1.54) is 0 Å². The predicted molar refractivity (Wildman–Crippen MR) is 84.7 cm³/mol. The molecule has 0 aliphatic heterocycles. The number of nitrogens with one attached hydrogen (secondary N) is 2. The summed E-state index contributed by atoms with van der Waals surface area (Å²) in [6, 6.07) is 12.6. The highest BCUT2D eigenvalue weighted by Crippen LogP contribution is 2.12. The first-order valence-electron chi connectivity index (χ1n) is 7.06. The third kappa shape index (κ3) is 3.52. The summed E-state index contributed by atoms with van der Waals surface area (Å²) in [5.74, 6) is 0.510. The van der Waals surface area contributed by atoms with Crippen molar-refractivity contribution in [3.05, 3.63) is 60.1 Å². The van der Waals surface area contributed by atoms with Gasteiger partial charge in [0.2, 0.25) is 11.7 Å². The summed E-state index contributed by atoms with van der Waals surface area (Å²) < 4.78 is 5.12. The molecule has 7 heteroatoms. The van der Waals surface area contributed by atoms with Crippen molar-refractivity contribution in [2.45, 2.75) is 6.54 Å². The van der Waals surface area contributed by atoms with Crippen molar-refractivity contribution in [2.75, 3.05) is 12.4 Å². The Kier molecular flexibility index (Phi) is 4.28. The van der Waals surface area contributed by atoms with Gasteiger partial charge in [0.25, 0.3) is 5.91 Å². The molecule has 0 aliphatic carbocycles. The lowest BCUT2D eigenvalue weighted by Gasteiger charge is -2.04. The van der Waals surface area contributed by atoms with Crippen LogP contribution in [0.2, 0.25) is 0 Å². The van der Waals surface area contributed by atoms with Crippen molar-refractivity contribution >= 4 is 11.6 Å². The lowest BCUT2D eigenvalue weighted by Crippen LogP contribution is -2.23. The largest absolute Gasteiger partial charge is 0.388 e. The van der Waals surface area contributed by atoms with E-state index in [1.807, 2.05) is 24.3 Å². The molecule has 0 saturated heterocycles. The summed E-state index contributed by atoms with van der Waals surface area (Å²) in [5, 5.41) is 9.59. The number of carbonyl (C=O) groups excluding carboxylic acids is 1. The number of carbonyl (C=O) groups is 1. The smallest absolute Gasteiger partial charge is 0.251 e. The van der Waals surface area contributed by atoms with Crippen molar-refractivity contribution < 1.29 is 9.32 Å². The number of aromatic nitrogens is 3. The fraction of sp³-hybridized carbons (Fsp3) is 0.125. The van der Waals surface area contributed by atoms with E-state index >= 15 is 0 Å². The molecule has 116 valence electrons. The Bertz CT molecular complexity index is 801. The highest BCUT2D eigenvalue weighted by molar-refractivity contribution is 5.95. The lowest BCUT2D eigenvalue weighted by atomic mass is 10.2. The summed E-state index contributed by atoms with van der Waals surface area (Å²) in [5.41, 5.74) is 2.05. The van der Waals surface area contributed by atoms with Crippen LogP contribution in [0, 0.1) is 0 Å². The fourth-order valence-corrected chi connectivity index (χ4v) is 2.00. The molecule has 0 unspecified atom stereocenters. The molecule has 0 spiro atoms. The van der Waals surface area contributed by atoms with Gasteiger partial charge < -0.3 is 15.2 Å². The number of rotatable bonds is 5. The molecular formula is C16H15N5O2. The average Bonchev–Trinajstić information content (AvgIpc) is 3.09. The van der Waals surface area contributed by atoms with Gasteiger partial charge in [0, 0.05) is 24.5 Å². The fourth-order valence-electron chi connectivity index (χ4n) is 2.00.